The Balaban J connectivity index is 1.64. The van der Waals surface area contributed by atoms with Crippen molar-refractivity contribution in [2.24, 2.45) is 0 Å². The molecule has 0 radical (unpaired) electrons. The normalized spacial score (nSPS) is 15.9. The third-order valence-corrected chi connectivity index (χ3v) is 4.08. The van der Waals surface area contributed by atoms with E-state index in [2.05, 4.69) is 20.7 Å². The maximum atomic E-state index is 13.7. The van der Waals surface area contributed by atoms with E-state index >= 15 is 0 Å². The Bertz CT molecular complexity index is 986. The highest BCUT2D eigenvalue weighted by atomic mass is 19.1. The lowest BCUT2D eigenvalue weighted by Crippen LogP contribution is -2.29. The van der Waals surface area contributed by atoms with Gasteiger partial charge in [0, 0.05) is 0 Å². The van der Waals surface area contributed by atoms with Crippen LogP contribution in [0.5, 0.6) is 0 Å². The first kappa shape index (κ1) is 15.9. The average Bonchev–Trinajstić information content (AvgIpc) is 3.04. The van der Waals surface area contributed by atoms with Gasteiger partial charge in [-0.15, -0.1) is 5.10 Å². The van der Waals surface area contributed by atoms with Crippen molar-refractivity contribution in [3.05, 3.63) is 71.5 Å². The van der Waals surface area contributed by atoms with Crippen molar-refractivity contribution in [3.63, 3.8) is 0 Å². The van der Waals surface area contributed by atoms with Crippen LogP contribution in [-0.2, 0) is 4.79 Å². The van der Waals surface area contributed by atoms with Gasteiger partial charge < -0.3 is 0 Å². The predicted molar refractivity (Wildman–Crippen MR) is 92.2 cm³/mol. The summed E-state index contributed by atoms with van der Waals surface area (Å²) in [5, 5.41) is 9.37. The maximum Gasteiger partial charge on any atom is 0.261 e. The molecule has 0 aliphatic carbocycles. The van der Waals surface area contributed by atoms with Crippen molar-refractivity contribution in [2.45, 2.75) is 12.5 Å². The van der Waals surface area contributed by atoms with E-state index in [1.165, 1.54) is 18.2 Å². The van der Waals surface area contributed by atoms with Crippen LogP contribution in [0.25, 0.3) is 0 Å². The molecule has 3 aromatic rings. The van der Waals surface area contributed by atoms with Gasteiger partial charge in [0.1, 0.15) is 5.82 Å². The number of rotatable bonds is 3. The maximum absolute atomic E-state index is 13.7. The second-order valence-electron chi connectivity index (χ2n) is 5.82. The van der Waals surface area contributed by atoms with Crippen LogP contribution >= 0.6 is 0 Å². The fourth-order valence-corrected chi connectivity index (χ4v) is 2.87. The first-order valence-electron chi connectivity index (χ1n) is 7.99. The minimum Gasteiger partial charge on any atom is -0.295 e. The molecule has 8 heteroatoms. The number of carbonyl (C=O) groups excluding carboxylic acids is 2. The standard InChI is InChI=1S/C18H14FN5O2/c19-13-9-5-4-8-12(13)16(26)21-17-22-18-20-15(25)10-14(24(18)23-17)11-6-2-1-3-7-11/h1-9,14H,10H2,(H2,20,21,22,23,25,26)/t14-/m1/s1. The molecule has 1 atom stereocenters. The summed E-state index contributed by atoms with van der Waals surface area (Å²) >= 11 is 0. The summed E-state index contributed by atoms with van der Waals surface area (Å²) in [6, 6.07) is 14.7. The van der Waals surface area contributed by atoms with Crippen LogP contribution in [0.3, 0.4) is 0 Å². The van der Waals surface area contributed by atoms with Gasteiger partial charge in [0.15, 0.2) is 0 Å². The van der Waals surface area contributed by atoms with E-state index in [4.69, 9.17) is 0 Å². The molecule has 0 saturated heterocycles. The zero-order valence-corrected chi connectivity index (χ0v) is 13.5. The van der Waals surface area contributed by atoms with Crippen LogP contribution in [0.15, 0.2) is 54.6 Å². The van der Waals surface area contributed by atoms with Gasteiger partial charge in [-0.05, 0) is 17.7 Å². The van der Waals surface area contributed by atoms with Crippen LogP contribution in [-0.4, -0.2) is 26.6 Å². The van der Waals surface area contributed by atoms with Gasteiger partial charge in [-0.25, -0.2) is 9.07 Å². The molecule has 1 aromatic heterocycles. The summed E-state index contributed by atoms with van der Waals surface area (Å²) < 4.78 is 15.3. The Hall–Kier alpha value is -3.55. The molecule has 4 rings (SSSR count). The molecule has 2 aromatic carbocycles. The van der Waals surface area contributed by atoms with Gasteiger partial charge >= 0.3 is 0 Å². The van der Waals surface area contributed by atoms with E-state index in [1.807, 2.05) is 30.3 Å². The van der Waals surface area contributed by atoms with Gasteiger partial charge in [-0.2, -0.15) is 4.98 Å². The number of hydrogen-bond donors (Lipinski definition) is 2. The van der Waals surface area contributed by atoms with Crippen LogP contribution in [0, 0.1) is 5.82 Å². The SMILES string of the molecule is O=C1C[C@H](c2ccccc2)n2nc(NC(=O)c3ccccc3F)nc2N1. The number of anilines is 2. The second kappa shape index (κ2) is 6.40. The zero-order valence-electron chi connectivity index (χ0n) is 13.5. The van der Waals surface area contributed by atoms with Crippen LogP contribution in [0.4, 0.5) is 16.3 Å². The van der Waals surface area contributed by atoms with Crippen LogP contribution < -0.4 is 10.6 Å². The van der Waals surface area contributed by atoms with Gasteiger partial charge in [-0.1, -0.05) is 42.5 Å². The van der Waals surface area contributed by atoms with E-state index in [-0.39, 0.29) is 35.8 Å². The number of amides is 2. The molecule has 2 heterocycles. The van der Waals surface area contributed by atoms with E-state index in [0.717, 1.165) is 5.56 Å². The molecule has 0 spiro atoms. The summed E-state index contributed by atoms with van der Waals surface area (Å²) in [4.78, 5) is 28.4. The number of nitrogens with zero attached hydrogens (tertiary/aromatic N) is 3. The first-order chi connectivity index (χ1) is 12.6. The van der Waals surface area contributed by atoms with E-state index in [0.29, 0.717) is 0 Å². The number of hydrogen-bond acceptors (Lipinski definition) is 4. The van der Waals surface area contributed by atoms with E-state index < -0.39 is 11.7 Å². The lowest BCUT2D eigenvalue weighted by molar-refractivity contribution is -0.117. The number of fused-ring (bicyclic) bond motifs is 1. The summed E-state index contributed by atoms with van der Waals surface area (Å²) in [6.07, 6.45) is 0.209. The third-order valence-electron chi connectivity index (χ3n) is 4.08. The zero-order chi connectivity index (χ0) is 18.1. The summed E-state index contributed by atoms with van der Waals surface area (Å²) in [5.74, 6) is -1.25. The van der Waals surface area contributed by atoms with Crippen molar-refractivity contribution in [1.82, 2.24) is 14.8 Å². The molecule has 1 aliphatic heterocycles. The lowest BCUT2D eigenvalue weighted by Gasteiger charge is -2.23. The van der Waals surface area contributed by atoms with Crippen molar-refractivity contribution < 1.29 is 14.0 Å². The number of benzene rings is 2. The van der Waals surface area contributed by atoms with Gasteiger partial charge in [-0.3, -0.25) is 20.2 Å². The molecule has 0 saturated carbocycles. The molecule has 0 fully saturated rings. The monoisotopic (exact) mass is 351 g/mol. The fraction of sp³-hybridized carbons (Fsp3) is 0.111. The quantitative estimate of drug-likeness (QED) is 0.759. The van der Waals surface area contributed by atoms with Crippen molar-refractivity contribution in [3.8, 4) is 0 Å². The third kappa shape index (κ3) is 2.92. The minimum atomic E-state index is -0.659. The molecule has 7 nitrogen and oxygen atoms in total. The Labute approximate surface area is 147 Å². The highest BCUT2D eigenvalue weighted by molar-refractivity contribution is 6.03. The van der Waals surface area contributed by atoms with Gasteiger partial charge in [0.25, 0.3) is 11.9 Å². The van der Waals surface area contributed by atoms with Gasteiger partial charge in [0.2, 0.25) is 11.9 Å². The number of carbonyl (C=O) groups is 2. The van der Waals surface area contributed by atoms with Crippen LogP contribution in [0.2, 0.25) is 0 Å². The number of halogens is 1. The summed E-state index contributed by atoms with van der Waals surface area (Å²) in [6.45, 7) is 0. The molecule has 26 heavy (non-hydrogen) atoms. The molecule has 0 bridgehead atoms. The number of nitrogens with one attached hydrogen (secondary N) is 2. The topological polar surface area (TPSA) is 88.9 Å². The number of aromatic nitrogens is 3. The van der Waals surface area contributed by atoms with Crippen LogP contribution in [0.1, 0.15) is 28.4 Å². The predicted octanol–water partition coefficient (Wildman–Crippen LogP) is 2.60. The molecular formula is C18H14FN5O2. The van der Waals surface area contributed by atoms with Crippen molar-refractivity contribution >= 4 is 23.7 Å². The smallest absolute Gasteiger partial charge is 0.261 e. The largest absolute Gasteiger partial charge is 0.295 e. The van der Waals surface area contributed by atoms with E-state index in [1.54, 1.807) is 10.7 Å². The minimum absolute atomic E-state index is 0.00335. The first-order valence-corrected chi connectivity index (χ1v) is 7.99. The average molecular weight is 351 g/mol. The molecule has 1 aliphatic rings. The highest BCUT2D eigenvalue weighted by Gasteiger charge is 2.29. The fourth-order valence-electron chi connectivity index (χ4n) is 2.87. The molecule has 130 valence electrons. The van der Waals surface area contributed by atoms with Crippen molar-refractivity contribution in [2.75, 3.05) is 10.6 Å². The second-order valence-corrected chi connectivity index (χ2v) is 5.82. The molecule has 2 N–H and O–H groups in total. The van der Waals surface area contributed by atoms with Gasteiger partial charge in [0.05, 0.1) is 18.0 Å². The summed E-state index contributed by atoms with van der Waals surface area (Å²) in [5.41, 5.74) is 0.796. The van der Waals surface area contributed by atoms with Crippen molar-refractivity contribution in [1.29, 1.82) is 0 Å². The molecule has 2 amide bonds. The Morgan fingerprint density at radius 1 is 1.15 bits per heavy atom. The summed E-state index contributed by atoms with van der Waals surface area (Å²) in [7, 11) is 0. The van der Waals surface area contributed by atoms with E-state index in [9.17, 15) is 14.0 Å². The Morgan fingerprint density at radius 2 is 1.88 bits per heavy atom. The Morgan fingerprint density at radius 3 is 2.65 bits per heavy atom. The molecule has 0 unspecified atom stereocenters. The lowest BCUT2D eigenvalue weighted by atomic mass is 10.0. The molecular weight excluding hydrogens is 337 g/mol. The Kier molecular flexibility index (Phi) is 3.92. The highest BCUT2D eigenvalue weighted by Crippen LogP contribution is 2.29.